The minimum atomic E-state index is -4.66. The fourth-order valence-electron chi connectivity index (χ4n) is 4.62. The quantitative estimate of drug-likeness (QED) is 0.232. The number of ether oxygens (including phenoxy) is 1. The van der Waals surface area contributed by atoms with E-state index < -0.39 is 35.7 Å². The van der Waals surface area contributed by atoms with Gasteiger partial charge in [0.1, 0.15) is 6.04 Å². The molecular formula is C30H25BrF3N5O3. The number of hydrogen-bond donors (Lipinski definition) is 2. The SMILES string of the molecule is COC(=O)C1=C(C)N(c2cccc(C(F)(F)F)c2)C(=N)N(C(=O)NCc2ccc(CBr)cc2)C1c1ccc(C#N)cc1. The van der Waals surface area contributed by atoms with Crippen molar-refractivity contribution in [2.45, 2.75) is 31.0 Å². The Bertz CT molecular complexity index is 1580. The lowest BCUT2D eigenvalue weighted by atomic mass is 9.92. The Kier molecular flexibility index (Phi) is 9.02. The van der Waals surface area contributed by atoms with E-state index in [1.165, 1.54) is 31.2 Å². The van der Waals surface area contributed by atoms with Gasteiger partial charge in [-0.3, -0.25) is 15.2 Å². The van der Waals surface area contributed by atoms with Crippen molar-refractivity contribution in [3.05, 3.63) is 112 Å². The highest BCUT2D eigenvalue weighted by Crippen LogP contribution is 2.41. The fraction of sp³-hybridized carbons (Fsp3) is 0.200. The Balaban J connectivity index is 1.85. The lowest BCUT2D eigenvalue weighted by molar-refractivity contribution is -0.138. The van der Waals surface area contributed by atoms with Crippen LogP contribution in [0.1, 0.15) is 40.8 Å². The highest BCUT2D eigenvalue weighted by Gasteiger charge is 2.44. The number of nitrogens with zero attached hydrogens (tertiary/aromatic N) is 3. The van der Waals surface area contributed by atoms with Crippen LogP contribution >= 0.6 is 15.9 Å². The highest BCUT2D eigenvalue weighted by atomic mass is 79.9. The normalized spacial score (nSPS) is 15.4. The van der Waals surface area contributed by atoms with Crippen LogP contribution in [-0.4, -0.2) is 30.0 Å². The Morgan fingerprint density at radius 2 is 1.71 bits per heavy atom. The number of urea groups is 1. The average molecular weight is 640 g/mol. The second-order valence-electron chi connectivity index (χ2n) is 9.31. The van der Waals surface area contributed by atoms with Crippen molar-refractivity contribution in [3.63, 3.8) is 0 Å². The Hall–Kier alpha value is -4.63. The average Bonchev–Trinajstić information content (AvgIpc) is 2.99. The first-order valence-corrected chi connectivity index (χ1v) is 13.7. The third kappa shape index (κ3) is 6.16. The van der Waals surface area contributed by atoms with E-state index in [9.17, 15) is 28.0 Å². The summed E-state index contributed by atoms with van der Waals surface area (Å²) in [6, 6.07) is 17.8. The first-order chi connectivity index (χ1) is 20.0. The number of amides is 2. The van der Waals surface area contributed by atoms with Crippen LogP contribution in [0.5, 0.6) is 0 Å². The van der Waals surface area contributed by atoms with Crippen LogP contribution in [-0.2, 0) is 27.6 Å². The molecule has 0 fully saturated rings. The monoisotopic (exact) mass is 639 g/mol. The van der Waals surface area contributed by atoms with Gasteiger partial charge in [-0.25, -0.2) is 9.59 Å². The molecule has 8 nitrogen and oxygen atoms in total. The van der Waals surface area contributed by atoms with E-state index in [4.69, 9.17) is 10.1 Å². The number of halogens is 4. The van der Waals surface area contributed by atoms with E-state index >= 15 is 0 Å². The van der Waals surface area contributed by atoms with Gasteiger partial charge in [0.05, 0.1) is 29.9 Å². The van der Waals surface area contributed by atoms with Crippen molar-refractivity contribution in [2.75, 3.05) is 12.0 Å². The molecule has 1 aliphatic rings. The number of carbonyl (C=O) groups is 2. The van der Waals surface area contributed by atoms with Gasteiger partial charge in [-0.15, -0.1) is 0 Å². The molecule has 4 rings (SSSR count). The van der Waals surface area contributed by atoms with Crippen LogP contribution in [0.15, 0.2) is 84.1 Å². The van der Waals surface area contributed by atoms with E-state index in [0.717, 1.165) is 40.2 Å². The van der Waals surface area contributed by atoms with Gasteiger partial charge >= 0.3 is 18.2 Å². The Labute approximate surface area is 248 Å². The fourth-order valence-corrected chi connectivity index (χ4v) is 4.99. The molecule has 2 amide bonds. The number of allylic oxidation sites excluding steroid dienone is 1. The standard InChI is InChI=1S/C30H25BrF3N5O3/c1-18-25(27(40)42-2)26(22-12-10-20(16-35)11-13-22)39(29(41)37-17-21-8-6-19(15-31)7-9-21)28(36)38(18)24-5-3-4-23(14-24)30(32,33)34/h3-14,26,36H,15,17H2,1-2H3,(H,37,41). The molecule has 0 bridgehead atoms. The summed E-state index contributed by atoms with van der Waals surface area (Å²) in [5, 5.41) is 21.8. The minimum absolute atomic E-state index is 0.0626. The second-order valence-corrected chi connectivity index (χ2v) is 9.87. The van der Waals surface area contributed by atoms with Crippen molar-refractivity contribution in [1.29, 1.82) is 10.7 Å². The van der Waals surface area contributed by atoms with Crippen LogP contribution < -0.4 is 10.2 Å². The van der Waals surface area contributed by atoms with Crippen LogP contribution in [0.25, 0.3) is 0 Å². The number of rotatable bonds is 6. The number of anilines is 1. The summed E-state index contributed by atoms with van der Waals surface area (Å²) >= 11 is 3.38. The number of hydrogen-bond acceptors (Lipinski definition) is 5. The van der Waals surface area contributed by atoms with Gasteiger partial charge in [-0.1, -0.05) is 58.4 Å². The molecule has 0 spiro atoms. The highest BCUT2D eigenvalue weighted by molar-refractivity contribution is 9.08. The lowest BCUT2D eigenvalue weighted by Crippen LogP contribution is -2.56. The number of alkyl halides is 4. The van der Waals surface area contributed by atoms with Crippen LogP contribution in [0.4, 0.5) is 23.7 Å². The molecule has 1 heterocycles. The number of carbonyl (C=O) groups excluding carboxylic acids is 2. The number of esters is 1. The third-order valence-corrected chi connectivity index (χ3v) is 7.38. The largest absolute Gasteiger partial charge is 0.466 e. The molecule has 3 aromatic carbocycles. The summed E-state index contributed by atoms with van der Waals surface area (Å²) in [6.07, 6.45) is -4.66. The Morgan fingerprint density at radius 1 is 1.07 bits per heavy atom. The van der Waals surface area contributed by atoms with Gasteiger partial charge in [0.25, 0.3) is 0 Å². The van der Waals surface area contributed by atoms with Crippen LogP contribution in [0.2, 0.25) is 0 Å². The number of benzene rings is 3. The molecular weight excluding hydrogens is 615 g/mol. The molecule has 0 aliphatic carbocycles. The predicted octanol–water partition coefficient (Wildman–Crippen LogP) is 6.63. The predicted molar refractivity (Wildman–Crippen MR) is 153 cm³/mol. The van der Waals surface area contributed by atoms with Gasteiger partial charge in [0, 0.05) is 23.3 Å². The smallest absolute Gasteiger partial charge is 0.416 e. The number of nitrogens with one attached hydrogen (secondary N) is 2. The summed E-state index contributed by atoms with van der Waals surface area (Å²) in [5.41, 5.74) is 1.53. The Morgan fingerprint density at radius 3 is 2.29 bits per heavy atom. The molecule has 42 heavy (non-hydrogen) atoms. The van der Waals surface area contributed by atoms with Crippen molar-refractivity contribution in [3.8, 4) is 6.07 Å². The first kappa shape index (κ1) is 30.3. The number of methoxy groups -OCH3 is 1. The molecule has 0 saturated heterocycles. The molecule has 1 aliphatic heterocycles. The molecule has 3 aromatic rings. The summed E-state index contributed by atoms with van der Waals surface area (Å²) < 4.78 is 45.8. The van der Waals surface area contributed by atoms with Crippen molar-refractivity contribution in [1.82, 2.24) is 10.2 Å². The van der Waals surface area contributed by atoms with Crippen LogP contribution in [0, 0.1) is 16.7 Å². The van der Waals surface area contributed by atoms with Crippen molar-refractivity contribution >= 4 is 39.6 Å². The summed E-state index contributed by atoms with van der Waals surface area (Å²) in [5.74, 6) is -1.32. The molecule has 0 saturated carbocycles. The van der Waals surface area contributed by atoms with Gasteiger partial charge in [-0.05, 0) is 53.9 Å². The maximum Gasteiger partial charge on any atom is 0.416 e. The lowest BCUT2D eigenvalue weighted by Gasteiger charge is -2.43. The third-order valence-electron chi connectivity index (χ3n) is 6.73. The molecule has 0 aromatic heterocycles. The zero-order valence-electron chi connectivity index (χ0n) is 22.5. The van der Waals surface area contributed by atoms with E-state index in [1.807, 2.05) is 30.3 Å². The molecule has 1 atom stereocenters. The minimum Gasteiger partial charge on any atom is -0.466 e. The van der Waals surface area contributed by atoms with Gasteiger partial charge < -0.3 is 10.1 Å². The van der Waals surface area contributed by atoms with E-state index in [2.05, 4.69) is 21.2 Å². The van der Waals surface area contributed by atoms with Gasteiger partial charge in [-0.2, -0.15) is 18.4 Å². The van der Waals surface area contributed by atoms with Crippen molar-refractivity contribution in [2.24, 2.45) is 0 Å². The van der Waals surface area contributed by atoms with E-state index in [0.29, 0.717) is 16.5 Å². The van der Waals surface area contributed by atoms with Crippen molar-refractivity contribution < 1.29 is 27.5 Å². The molecule has 0 radical (unpaired) electrons. The number of nitriles is 1. The maximum atomic E-state index is 13.8. The molecule has 12 heteroatoms. The zero-order chi connectivity index (χ0) is 30.6. The van der Waals surface area contributed by atoms with Gasteiger partial charge in [0.15, 0.2) is 0 Å². The summed E-state index contributed by atoms with van der Waals surface area (Å²) in [6.45, 7) is 1.55. The zero-order valence-corrected chi connectivity index (χ0v) is 24.1. The topological polar surface area (TPSA) is 110 Å². The van der Waals surface area contributed by atoms with E-state index in [-0.39, 0.29) is 23.5 Å². The molecule has 2 N–H and O–H groups in total. The van der Waals surface area contributed by atoms with E-state index in [1.54, 1.807) is 12.1 Å². The van der Waals surface area contributed by atoms with Crippen LogP contribution in [0.3, 0.4) is 0 Å². The molecule has 216 valence electrons. The second kappa shape index (κ2) is 12.5. The molecule has 1 unspecified atom stereocenters. The van der Waals surface area contributed by atoms with Gasteiger partial charge in [0.2, 0.25) is 5.96 Å². The first-order valence-electron chi connectivity index (χ1n) is 12.6. The summed E-state index contributed by atoms with van der Waals surface area (Å²) in [7, 11) is 1.15. The maximum absolute atomic E-state index is 13.8. The number of guanidine groups is 1. The summed E-state index contributed by atoms with van der Waals surface area (Å²) in [4.78, 5) is 29.1.